The number of amides is 1. The molecule has 2 atom stereocenters. The maximum Gasteiger partial charge on any atom is 0.254 e. The van der Waals surface area contributed by atoms with E-state index in [4.69, 9.17) is 11.6 Å². The molecule has 25 heavy (non-hydrogen) atoms. The first-order valence-corrected chi connectivity index (χ1v) is 8.38. The van der Waals surface area contributed by atoms with Gasteiger partial charge in [0.15, 0.2) is 0 Å². The van der Waals surface area contributed by atoms with Crippen LogP contribution >= 0.6 is 11.6 Å². The highest BCUT2D eigenvalue weighted by atomic mass is 35.5. The van der Waals surface area contributed by atoms with Gasteiger partial charge in [-0.05, 0) is 31.5 Å². The molecule has 3 rings (SSSR count). The number of halogens is 2. The highest BCUT2D eigenvalue weighted by Crippen LogP contribution is 2.44. The monoisotopic (exact) mass is 364 g/mol. The zero-order valence-electron chi connectivity index (χ0n) is 13.6. The van der Waals surface area contributed by atoms with Crippen molar-refractivity contribution in [2.24, 2.45) is 0 Å². The van der Waals surface area contributed by atoms with Gasteiger partial charge in [0.1, 0.15) is 11.6 Å². The number of rotatable bonds is 5. The molecular weight excluding hydrogens is 347 g/mol. The zero-order valence-corrected chi connectivity index (χ0v) is 14.4. The van der Waals surface area contributed by atoms with Crippen LogP contribution in [0.3, 0.4) is 0 Å². The SMILES string of the molecule is Cc1cc(O)cc(=O)n1CCC(=O)N[C@@H]1C[C@H]1c1c(F)cccc1Cl. The Balaban J connectivity index is 1.58. The van der Waals surface area contributed by atoms with Crippen LogP contribution in [0.15, 0.2) is 35.1 Å². The number of nitrogens with one attached hydrogen (secondary N) is 1. The van der Waals surface area contributed by atoms with Gasteiger partial charge in [-0.25, -0.2) is 4.39 Å². The third-order valence-electron chi connectivity index (χ3n) is 4.39. The summed E-state index contributed by atoms with van der Waals surface area (Å²) in [6.45, 7) is 1.91. The van der Waals surface area contributed by atoms with Crippen LogP contribution in [-0.2, 0) is 11.3 Å². The molecule has 0 unspecified atom stereocenters. The summed E-state index contributed by atoms with van der Waals surface area (Å²) in [6, 6.07) is 6.99. The lowest BCUT2D eigenvalue weighted by Gasteiger charge is -2.10. The van der Waals surface area contributed by atoms with E-state index in [0.717, 1.165) is 6.07 Å². The van der Waals surface area contributed by atoms with E-state index in [1.54, 1.807) is 19.1 Å². The van der Waals surface area contributed by atoms with Gasteiger partial charge in [-0.2, -0.15) is 0 Å². The van der Waals surface area contributed by atoms with Gasteiger partial charge >= 0.3 is 0 Å². The lowest BCUT2D eigenvalue weighted by atomic mass is 10.1. The van der Waals surface area contributed by atoms with Gasteiger partial charge < -0.3 is 15.0 Å². The van der Waals surface area contributed by atoms with E-state index in [-0.39, 0.29) is 48.0 Å². The van der Waals surface area contributed by atoms with Crippen molar-refractivity contribution in [3.05, 3.63) is 62.8 Å². The number of benzene rings is 1. The van der Waals surface area contributed by atoms with E-state index in [0.29, 0.717) is 22.7 Å². The molecule has 1 aromatic heterocycles. The molecule has 0 saturated heterocycles. The van der Waals surface area contributed by atoms with Crippen molar-refractivity contribution in [3.63, 3.8) is 0 Å². The van der Waals surface area contributed by atoms with Gasteiger partial charge in [-0.15, -0.1) is 0 Å². The summed E-state index contributed by atoms with van der Waals surface area (Å²) in [5.41, 5.74) is 0.674. The fraction of sp³-hybridized carbons (Fsp3) is 0.333. The standard InChI is InChI=1S/C18H18ClFN2O3/c1-10-7-11(23)8-17(25)22(10)6-5-16(24)21-15-9-12(15)18-13(19)3-2-4-14(18)20/h2-4,7-8,12,15,23H,5-6,9H2,1H3,(H,21,24)/t12-,15-/m1/s1. The number of carbonyl (C=O) groups excluding carboxylic acids is 1. The van der Waals surface area contributed by atoms with Crippen molar-refractivity contribution in [2.45, 2.75) is 38.3 Å². The molecule has 132 valence electrons. The van der Waals surface area contributed by atoms with Crippen LogP contribution in [0, 0.1) is 12.7 Å². The van der Waals surface area contributed by atoms with E-state index in [9.17, 15) is 19.1 Å². The Bertz CT molecular complexity index is 861. The molecule has 0 spiro atoms. The van der Waals surface area contributed by atoms with Gasteiger partial charge in [0.2, 0.25) is 5.91 Å². The molecule has 2 aromatic rings. The number of carbonyl (C=O) groups is 1. The molecule has 0 radical (unpaired) electrons. The van der Waals surface area contributed by atoms with E-state index in [1.165, 1.54) is 16.7 Å². The summed E-state index contributed by atoms with van der Waals surface area (Å²) in [5.74, 6) is -0.776. The third-order valence-corrected chi connectivity index (χ3v) is 4.72. The van der Waals surface area contributed by atoms with E-state index >= 15 is 0 Å². The summed E-state index contributed by atoms with van der Waals surface area (Å²) in [4.78, 5) is 23.9. The summed E-state index contributed by atoms with van der Waals surface area (Å²) < 4.78 is 15.3. The molecule has 1 amide bonds. The maximum atomic E-state index is 13.9. The van der Waals surface area contributed by atoms with Crippen LogP contribution in [-0.4, -0.2) is 21.6 Å². The number of hydrogen-bond donors (Lipinski definition) is 2. The topological polar surface area (TPSA) is 71.3 Å². The van der Waals surface area contributed by atoms with Gasteiger partial charge in [0.05, 0.1) is 0 Å². The molecule has 1 aromatic carbocycles. The molecule has 1 aliphatic rings. The second-order valence-corrected chi connectivity index (χ2v) is 6.65. The van der Waals surface area contributed by atoms with E-state index < -0.39 is 0 Å². The Labute approximate surface area is 149 Å². The van der Waals surface area contributed by atoms with Crippen molar-refractivity contribution in [1.29, 1.82) is 0 Å². The Morgan fingerprint density at radius 3 is 2.88 bits per heavy atom. The number of nitrogens with zero attached hydrogens (tertiary/aromatic N) is 1. The Morgan fingerprint density at radius 1 is 1.44 bits per heavy atom. The molecule has 1 fully saturated rings. The molecule has 0 bridgehead atoms. The lowest BCUT2D eigenvalue weighted by Crippen LogP contribution is -2.30. The minimum Gasteiger partial charge on any atom is -0.508 e. The van der Waals surface area contributed by atoms with Crippen LogP contribution in [0.4, 0.5) is 4.39 Å². The summed E-state index contributed by atoms with van der Waals surface area (Å²) in [7, 11) is 0. The largest absolute Gasteiger partial charge is 0.508 e. The van der Waals surface area contributed by atoms with Crippen LogP contribution in [0.5, 0.6) is 5.75 Å². The van der Waals surface area contributed by atoms with Crippen molar-refractivity contribution >= 4 is 17.5 Å². The minimum absolute atomic E-state index is 0.0919. The Morgan fingerprint density at radius 2 is 2.20 bits per heavy atom. The molecule has 5 nitrogen and oxygen atoms in total. The van der Waals surface area contributed by atoms with Crippen molar-refractivity contribution in [1.82, 2.24) is 9.88 Å². The predicted octanol–water partition coefficient (Wildman–Crippen LogP) is 2.72. The Hall–Kier alpha value is -2.34. The number of aryl methyl sites for hydroxylation is 1. The van der Waals surface area contributed by atoms with Crippen LogP contribution < -0.4 is 10.9 Å². The quantitative estimate of drug-likeness (QED) is 0.857. The van der Waals surface area contributed by atoms with Gasteiger partial charge in [-0.1, -0.05) is 17.7 Å². The summed E-state index contributed by atoms with van der Waals surface area (Å²) in [6.07, 6.45) is 0.768. The number of pyridine rings is 1. The second kappa shape index (κ2) is 6.88. The smallest absolute Gasteiger partial charge is 0.254 e. The molecule has 0 aliphatic heterocycles. The first kappa shape index (κ1) is 17.5. The van der Waals surface area contributed by atoms with Crippen LogP contribution in [0.25, 0.3) is 0 Å². The zero-order chi connectivity index (χ0) is 18.1. The van der Waals surface area contributed by atoms with Crippen molar-refractivity contribution in [3.8, 4) is 5.75 Å². The average molecular weight is 365 g/mol. The van der Waals surface area contributed by atoms with Crippen LogP contribution in [0.1, 0.15) is 30.0 Å². The highest BCUT2D eigenvalue weighted by Gasteiger charge is 2.42. The molecule has 1 heterocycles. The Kier molecular flexibility index (Phi) is 4.81. The van der Waals surface area contributed by atoms with Gasteiger partial charge in [0.25, 0.3) is 5.56 Å². The summed E-state index contributed by atoms with van der Waals surface area (Å²) in [5, 5.41) is 12.6. The first-order chi connectivity index (χ1) is 11.9. The van der Waals surface area contributed by atoms with Crippen molar-refractivity contribution < 1.29 is 14.3 Å². The van der Waals surface area contributed by atoms with E-state index in [1.807, 2.05) is 0 Å². The molecule has 1 saturated carbocycles. The fourth-order valence-electron chi connectivity index (χ4n) is 3.03. The number of hydrogen-bond acceptors (Lipinski definition) is 3. The van der Waals surface area contributed by atoms with Crippen molar-refractivity contribution in [2.75, 3.05) is 0 Å². The summed E-state index contributed by atoms with van der Waals surface area (Å²) >= 11 is 6.04. The third kappa shape index (κ3) is 3.85. The second-order valence-electron chi connectivity index (χ2n) is 6.25. The normalized spacial score (nSPS) is 18.8. The predicted molar refractivity (Wildman–Crippen MR) is 92.4 cm³/mol. The van der Waals surface area contributed by atoms with E-state index in [2.05, 4.69) is 5.32 Å². The average Bonchev–Trinajstić information content (AvgIpc) is 3.24. The number of aromatic hydroxyl groups is 1. The number of aromatic nitrogens is 1. The molecule has 7 heteroatoms. The lowest BCUT2D eigenvalue weighted by molar-refractivity contribution is -0.121. The molecule has 1 aliphatic carbocycles. The van der Waals surface area contributed by atoms with Crippen LogP contribution in [0.2, 0.25) is 5.02 Å². The fourth-order valence-corrected chi connectivity index (χ4v) is 3.33. The maximum absolute atomic E-state index is 13.9. The van der Waals surface area contributed by atoms with Gasteiger partial charge in [0, 0.05) is 47.3 Å². The minimum atomic E-state index is -0.361. The molecular formula is C18H18ClFN2O3. The first-order valence-electron chi connectivity index (χ1n) is 8.00. The highest BCUT2D eigenvalue weighted by molar-refractivity contribution is 6.31. The molecule has 2 N–H and O–H groups in total. The van der Waals surface area contributed by atoms with Gasteiger partial charge in [-0.3, -0.25) is 9.59 Å².